The highest BCUT2D eigenvalue weighted by Crippen LogP contribution is 2.16. The van der Waals surface area contributed by atoms with E-state index in [-0.39, 0.29) is 12.5 Å². The van der Waals surface area contributed by atoms with Gasteiger partial charge in [-0.05, 0) is 31.6 Å². The zero-order valence-corrected chi connectivity index (χ0v) is 11.6. The van der Waals surface area contributed by atoms with Gasteiger partial charge in [0.2, 0.25) is 5.91 Å². The lowest BCUT2D eigenvalue weighted by Crippen LogP contribution is -2.38. The van der Waals surface area contributed by atoms with E-state index < -0.39 is 5.60 Å². The van der Waals surface area contributed by atoms with E-state index in [1.165, 1.54) is 11.0 Å². The van der Waals surface area contributed by atoms with E-state index in [1.807, 2.05) is 18.2 Å². The van der Waals surface area contributed by atoms with E-state index in [9.17, 15) is 9.90 Å². The van der Waals surface area contributed by atoms with Crippen molar-refractivity contribution < 1.29 is 9.90 Å². The molecule has 0 heterocycles. The van der Waals surface area contributed by atoms with Crippen LogP contribution >= 0.6 is 11.6 Å². The number of carbonyl (C=O) groups is 1. The van der Waals surface area contributed by atoms with Crippen molar-refractivity contribution in [2.75, 3.05) is 13.6 Å². The summed E-state index contributed by atoms with van der Waals surface area (Å²) in [6.45, 7) is 3.60. The summed E-state index contributed by atoms with van der Waals surface area (Å²) in [6.07, 6.45) is 3.12. The number of benzene rings is 1. The summed E-state index contributed by atoms with van der Waals surface area (Å²) in [5.41, 5.74) is -0.105. The normalized spacial score (nSPS) is 11.8. The highest BCUT2D eigenvalue weighted by Gasteiger charge is 2.17. The largest absolute Gasteiger partial charge is 0.389 e. The molecular weight excluding hydrogens is 250 g/mol. The van der Waals surface area contributed by atoms with Crippen molar-refractivity contribution in [1.82, 2.24) is 4.90 Å². The Kier molecular flexibility index (Phi) is 4.93. The number of rotatable bonds is 4. The van der Waals surface area contributed by atoms with Crippen molar-refractivity contribution in [3.8, 4) is 0 Å². The Morgan fingerprint density at radius 3 is 2.61 bits per heavy atom. The molecule has 1 rings (SSSR count). The molecule has 0 unspecified atom stereocenters. The Morgan fingerprint density at radius 1 is 1.44 bits per heavy atom. The molecule has 0 aromatic heterocycles. The molecule has 0 saturated heterocycles. The molecule has 1 aromatic carbocycles. The number of likely N-dealkylation sites (N-methyl/N-ethyl adjacent to an activating group) is 1. The second-order valence-electron chi connectivity index (χ2n) is 4.86. The van der Waals surface area contributed by atoms with Crippen molar-refractivity contribution in [3.63, 3.8) is 0 Å². The standard InChI is InChI=1S/C14H18ClNO2/c1-14(2,18)10-16(3)13(17)9-8-11-6-4-5-7-12(11)15/h4-9,18H,10H2,1-3H3. The Bertz CT molecular complexity index is 449. The minimum Gasteiger partial charge on any atom is -0.389 e. The number of hydrogen-bond donors (Lipinski definition) is 1. The molecule has 0 aliphatic rings. The van der Waals surface area contributed by atoms with Crippen molar-refractivity contribution >= 4 is 23.6 Å². The van der Waals surface area contributed by atoms with Crippen LogP contribution in [0.15, 0.2) is 30.3 Å². The fourth-order valence-electron chi connectivity index (χ4n) is 1.56. The lowest BCUT2D eigenvalue weighted by molar-refractivity contribution is -0.127. The fourth-order valence-corrected chi connectivity index (χ4v) is 1.76. The maximum Gasteiger partial charge on any atom is 0.246 e. The Balaban J connectivity index is 2.68. The van der Waals surface area contributed by atoms with Crippen LogP contribution in [0.1, 0.15) is 19.4 Å². The Morgan fingerprint density at radius 2 is 2.06 bits per heavy atom. The van der Waals surface area contributed by atoms with Crippen LogP contribution in [0.4, 0.5) is 0 Å². The van der Waals surface area contributed by atoms with Gasteiger partial charge in [-0.2, -0.15) is 0 Å². The summed E-state index contributed by atoms with van der Waals surface area (Å²) in [4.78, 5) is 13.3. The topological polar surface area (TPSA) is 40.5 Å². The second kappa shape index (κ2) is 6.03. The van der Waals surface area contributed by atoms with Gasteiger partial charge in [0.1, 0.15) is 0 Å². The van der Waals surface area contributed by atoms with Gasteiger partial charge < -0.3 is 10.0 Å². The van der Waals surface area contributed by atoms with Crippen molar-refractivity contribution in [1.29, 1.82) is 0 Å². The molecule has 0 radical (unpaired) electrons. The zero-order chi connectivity index (χ0) is 13.8. The Hall–Kier alpha value is -1.32. The SMILES string of the molecule is CN(CC(C)(C)O)C(=O)C=Cc1ccccc1Cl. The molecule has 98 valence electrons. The predicted molar refractivity (Wildman–Crippen MR) is 74.4 cm³/mol. The van der Waals surface area contributed by atoms with E-state index >= 15 is 0 Å². The minimum absolute atomic E-state index is 0.169. The van der Waals surface area contributed by atoms with Gasteiger partial charge in [-0.25, -0.2) is 0 Å². The third-order valence-corrected chi connectivity index (χ3v) is 2.66. The number of halogens is 1. The molecule has 18 heavy (non-hydrogen) atoms. The van der Waals surface area contributed by atoms with Gasteiger partial charge in [-0.15, -0.1) is 0 Å². The molecule has 3 nitrogen and oxygen atoms in total. The molecule has 0 saturated carbocycles. The van der Waals surface area contributed by atoms with E-state index in [2.05, 4.69) is 0 Å². The molecule has 0 aliphatic carbocycles. The molecule has 0 atom stereocenters. The summed E-state index contributed by atoms with van der Waals surface area (Å²) in [7, 11) is 1.65. The maximum atomic E-state index is 11.8. The van der Waals surface area contributed by atoms with Crippen LogP contribution in [0, 0.1) is 0 Å². The summed E-state index contributed by atoms with van der Waals surface area (Å²) < 4.78 is 0. The minimum atomic E-state index is -0.900. The molecule has 0 bridgehead atoms. The molecule has 1 amide bonds. The van der Waals surface area contributed by atoms with Gasteiger partial charge in [0, 0.05) is 24.7 Å². The average molecular weight is 268 g/mol. The van der Waals surface area contributed by atoms with Crippen molar-refractivity contribution in [3.05, 3.63) is 40.9 Å². The van der Waals surface area contributed by atoms with Crippen LogP contribution in [0.25, 0.3) is 6.08 Å². The third kappa shape index (κ3) is 4.90. The molecule has 1 aromatic rings. The van der Waals surface area contributed by atoms with Gasteiger partial charge in [0.05, 0.1) is 5.60 Å². The lowest BCUT2D eigenvalue weighted by Gasteiger charge is -2.24. The monoisotopic (exact) mass is 267 g/mol. The van der Waals surface area contributed by atoms with Crippen LogP contribution < -0.4 is 0 Å². The fraction of sp³-hybridized carbons (Fsp3) is 0.357. The van der Waals surface area contributed by atoms with Crippen molar-refractivity contribution in [2.45, 2.75) is 19.4 Å². The summed E-state index contributed by atoms with van der Waals surface area (Å²) in [5, 5.41) is 10.2. The first-order valence-electron chi connectivity index (χ1n) is 5.70. The molecule has 0 aliphatic heterocycles. The first kappa shape index (κ1) is 14.7. The number of nitrogens with zero attached hydrogens (tertiary/aromatic N) is 1. The molecule has 4 heteroatoms. The summed E-state index contributed by atoms with van der Waals surface area (Å²) in [6, 6.07) is 7.30. The van der Waals surface area contributed by atoms with Gasteiger partial charge in [-0.1, -0.05) is 29.8 Å². The predicted octanol–water partition coefficient (Wildman–Crippen LogP) is 2.58. The number of hydrogen-bond acceptors (Lipinski definition) is 2. The highest BCUT2D eigenvalue weighted by molar-refractivity contribution is 6.32. The van der Waals surface area contributed by atoms with E-state index in [0.29, 0.717) is 5.02 Å². The molecular formula is C14H18ClNO2. The summed E-state index contributed by atoms with van der Waals surface area (Å²) >= 11 is 5.98. The van der Waals surface area contributed by atoms with Gasteiger partial charge in [0.15, 0.2) is 0 Å². The van der Waals surface area contributed by atoms with Crippen molar-refractivity contribution in [2.24, 2.45) is 0 Å². The van der Waals surface area contributed by atoms with Crippen LogP contribution in [-0.4, -0.2) is 35.1 Å². The average Bonchev–Trinajstić information content (AvgIpc) is 2.25. The maximum absolute atomic E-state index is 11.8. The molecule has 1 N–H and O–H groups in total. The van der Waals surface area contributed by atoms with E-state index in [4.69, 9.17) is 11.6 Å². The smallest absolute Gasteiger partial charge is 0.246 e. The number of aliphatic hydroxyl groups is 1. The van der Waals surface area contributed by atoms with Crippen LogP contribution in [0.3, 0.4) is 0 Å². The zero-order valence-electron chi connectivity index (χ0n) is 10.9. The first-order chi connectivity index (χ1) is 8.29. The number of carbonyl (C=O) groups excluding carboxylic acids is 1. The van der Waals surface area contributed by atoms with E-state index in [0.717, 1.165) is 5.56 Å². The molecule has 0 spiro atoms. The quantitative estimate of drug-likeness (QED) is 0.852. The Labute approximate surface area is 113 Å². The van der Waals surface area contributed by atoms with Crippen LogP contribution in [-0.2, 0) is 4.79 Å². The third-order valence-electron chi connectivity index (χ3n) is 2.31. The number of amides is 1. The van der Waals surface area contributed by atoms with Crippen LogP contribution in [0.2, 0.25) is 5.02 Å². The van der Waals surface area contributed by atoms with Crippen LogP contribution in [0.5, 0.6) is 0 Å². The van der Waals surface area contributed by atoms with Gasteiger partial charge in [0.25, 0.3) is 0 Å². The lowest BCUT2D eigenvalue weighted by atomic mass is 10.1. The summed E-state index contributed by atoms with van der Waals surface area (Å²) in [5.74, 6) is -0.169. The second-order valence-corrected chi connectivity index (χ2v) is 5.27. The van der Waals surface area contributed by atoms with E-state index in [1.54, 1.807) is 33.0 Å². The van der Waals surface area contributed by atoms with Gasteiger partial charge in [-0.3, -0.25) is 4.79 Å². The van der Waals surface area contributed by atoms with Gasteiger partial charge >= 0.3 is 0 Å². The first-order valence-corrected chi connectivity index (χ1v) is 6.07. The highest BCUT2D eigenvalue weighted by atomic mass is 35.5. The molecule has 0 fully saturated rings.